The van der Waals surface area contributed by atoms with Crippen LogP contribution in [0.5, 0.6) is 0 Å². The maximum atomic E-state index is 13.1. The summed E-state index contributed by atoms with van der Waals surface area (Å²) in [4.78, 5) is 26.3. The highest BCUT2D eigenvalue weighted by molar-refractivity contribution is 5.95. The Morgan fingerprint density at radius 3 is 2.50 bits per heavy atom. The Kier molecular flexibility index (Phi) is 6.63. The first-order valence-electron chi connectivity index (χ1n) is 11.3. The predicted molar refractivity (Wildman–Crippen MR) is 121 cm³/mol. The number of amidine groups is 1. The Hall–Kier alpha value is -3.36. The lowest BCUT2D eigenvalue weighted by Crippen LogP contribution is -2.45. The molecule has 1 saturated heterocycles. The number of nitrogens with zero attached hydrogens (tertiary/aromatic N) is 1. The fraction of sp³-hybridized carbons (Fsp3) is 0.400. The van der Waals surface area contributed by atoms with E-state index in [0.29, 0.717) is 31.5 Å². The van der Waals surface area contributed by atoms with Crippen molar-refractivity contribution in [1.82, 2.24) is 10.2 Å². The van der Waals surface area contributed by atoms with Gasteiger partial charge < -0.3 is 16.0 Å². The Morgan fingerprint density at radius 1 is 1.12 bits per heavy atom. The lowest BCUT2D eigenvalue weighted by atomic mass is 9.93. The average molecular weight is 473 g/mol. The second-order valence-corrected chi connectivity index (χ2v) is 9.08. The third kappa shape index (κ3) is 5.58. The zero-order valence-electron chi connectivity index (χ0n) is 18.6. The van der Waals surface area contributed by atoms with Gasteiger partial charge in [-0.3, -0.25) is 15.0 Å². The van der Waals surface area contributed by atoms with Gasteiger partial charge in [0.1, 0.15) is 5.84 Å². The third-order valence-electron chi connectivity index (χ3n) is 6.48. The number of carbonyl (C=O) groups is 2. The molecule has 2 aromatic carbocycles. The van der Waals surface area contributed by atoms with Gasteiger partial charge in [-0.15, -0.1) is 0 Å². The van der Waals surface area contributed by atoms with Crippen LogP contribution < -0.4 is 11.1 Å². The van der Waals surface area contributed by atoms with Crippen molar-refractivity contribution < 1.29 is 22.8 Å². The van der Waals surface area contributed by atoms with Crippen molar-refractivity contribution in [2.24, 2.45) is 11.7 Å². The van der Waals surface area contributed by atoms with Gasteiger partial charge in [0.2, 0.25) is 5.91 Å². The Morgan fingerprint density at radius 2 is 1.82 bits per heavy atom. The molecular formula is C25H27F3N4O2. The van der Waals surface area contributed by atoms with Crippen LogP contribution in [0.2, 0.25) is 0 Å². The predicted octanol–water partition coefficient (Wildman–Crippen LogP) is 3.49. The first-order valence-corrected chi connectivity index (χ1v) is 11.3. The molecule has 1 saturated carbocycles. The maximum Gasteiger partial charge on any atom is 0.471 e. The first kappa shape index (κ1) is 23.8. The number of hydrogen-bond acceptors (Lipinski definition) is 3. The van der Waals surface area contributed by atoms with Crippen molar-refractivity contribution in [3.05, 3.63) is 70.8 Å². The van der Waals surface area contributed by atoms with Crippen LogP contribution in [0.3, 0.4) is 0 Å². The topological polar surface area (TPSA) is 99.3 Å². The molecule has 34 heavy (non-hydrogen) atoms. The molecule has 2 amide bonds. The average Bonchev–Trinajstić information content (AvgIpc) is 3.57. The zero-order chi connectivity index (χ0) is 24.5. The highest BCUT2D eigenvalue weighted by Gasteiger charge is 2.42. The number of halogens is 3. The highest BCUT2D eigenvalue weighted by atomic mass is 19.4. The van der Waals surface area contributed by atoms with Gasteiger partial charge in [-0.2, -0.15) is 13.2 Å². The Balaban J connectivity index is 1.43. The van der Waals surface area contributed by atoms with Gasteiger partial charge in [-0.1, -0.05) is 42.5 Å². The SMILES string of the molecule is N=C(N)c1cccc(CN2CC[C@@H](c3cccc(CC(NC(=O)C(F)(F)F)C4CC4)c3)C2=O)c1. The van der Waals surface area contributed by atoms with Crippen LogP contribution >= 0.6 is 0 Å². The molecule has 4 N–H and O–H groups in total. The van der Waals surface area contributed by atoms with E-state index >= 15 is 0 Å². The smallest absolute Gasteiger partial charge is 0.384 e. The van der Waals surface area contributed by atoms with E-state index in [0.717, 1.165) is 29.5 Å². The summed E-state index contributed by atoms with van der Waals surface area (Å²) in [6, 6.07) is 14.0. The molecule has 0 bridgehead atoms. The molecule has 2 aromatic rings. The van der Waals surface area contributed by atoms with Gasteiger partial charge in [0.25, 0.3) is 0 Å². The summed E-state index contributed by atoms with van der Waals surface area (Å²) in [5.41, 5.74) is 8.69. The Bertz CT molecular complexity index is 1100. The molecule has 1 aliphatic heterocycles. The molecule has 2 atom stereocenters. The van der Waals surface area contributed by atoms with E-state index in [-0.39, 0.29) is 23.6 Å². The van der Waals surface area contributed by atoms with Crippen molar-refractivity contribution in [2.45, 2.75) is 50.4 Å². The van der Waals surface area contributed by atoms with E-state index in [1.165, 1.54) is 0 Å². The summed E-state index contributed by atoms with van der Waals surface area (Å²) >= 11 is 0. The van der Waals surface area contributed by atoms with Crippen LogP contribution in [0.15, 0.2) is 48.5 Å². The highest BCUT2D eigenvalue weighted by Crippen LogP contribution is 2.36. The van der Waals surface area contributed by atoms with E-state index in [1.807, 2.05) is 30.3 Å². The number of amides is 2. The number of hydrogen-bond donors (Lipinski definition) is 3. The second kappa shape index (κ2) is 9.48. The molecule has 2 fully saturated rings. The summed E-state index contributed by atoms with van der Waals surface area (Å²) in [5.74, 6) is -2.21. The number of carbonyl (C=O) groups excluding carboxylic acids is 2. The monoisotopic (exact) mass is 472 g/mol. The van der Waals surface area contributed by atoms with E-state index in [9.17, 15) is 22.8 Å². The minimum atomic E-state index is -4.90. The van der Waals surface area contributed by atoms with E-state index < -0.39 is 18.1 Å². The molecule has 1 aliphatic carbocycles. The standard InChI is InChI=1S/C25H27F3N4O2/c26-25(27,28)24(34)31-21(17-7-8-17)13-15-3-1-5-18(11-15)20-9-10-32(23(20)33)14-16-4-2-6-19(12-16)22(29)30/h1-6,11-12,17,20-21H,7-10,13-14H2,(H3,29,30)(H,31,34)/t20-,21?/m0/s1. The molecule has 6 nitrogen and oxygen atoms in total. The first-order chi connectivity index (χ1) is 16.1. The summed E-state index contributed by atoms with van der Waals surface area (Å²) < 4.78 is 38.2. The fourth-order valence-corrected chi connectivity index (χ4v) is 4.54. The minimum Gasteiger partial charge on any atom is -0.384 e. The van der Waals surface area contributed by atoms with Crippen molar-refractivity contribution >= 4 is 17.6 Å². The van der Waals surface area contributed by atoms with Gasteiger partial charge in [-0.25, -0.2) is 0 Å². The van der Waals surface area contributed by atoms with Crippen LogP contribution in [0.25, 0.3) is 0 Å². The number of rotatable bonds is 8. The van der Waals surface area contributed by atoms with E-state index in [4.69, 9.17) is 11.1 Å². The number of likely N-dealkylation sites (tertiary alicyclic amines) is 1. The molecular weight excluding hydrogens is 445 g/mol. The molecule has 9 heteroatoms. The number of nitrogens with one attached hydrogen (secondary N) is 2. The molecule has 180 valence electrons. The van der Waals surface area contributed by atoms with Crippen molar-refractivity contribution in [1.29, 1.82) is 5.41 Å². The maximum absolute atomic E-state index is 13.1. The summed E-state index contributed by atoms with van der Waals surface area (Å²) in [6.45, 7) is 1.01. The van der Waals surface area contributed by atoms with Crippen molar-refractivity contribution in [3.8, 4) is 0 Å². The van der Waals surface area contributed by atoms with Crippen LogP contribution in [0.1, 0.15) is 47.4 Å². The molecule has 1 unspecified atom stereocenters. The normalized spacial score (nSPS) is 19.2. The van der Waals surface area contributed by atoms with Gasteiger partial charge in [-0.05, 0) is 54.4 Å². The van der Waals surface area contributed by atoms with Crippen LogP contribution in [-0.2, 0) is 22.6 Å². The van der Waals surface area contributed by atoms with Crippen LogP contribution in [0, 0.1) is 11.3 Å². The fourth-order valence-electron chi connectivity index (χ4n) is 4.54. The van der Waals surface area contributed by atoms with Gasteiger partial charge >= 0.3 is 12.1 Å². The molecule has 0 radical (unpaired) electrons. The minimum absolute atomic E-state index is 0.00510. The lowest BCUT2D eigenvalue weighted by molar-refractivity contribution is -0.174. The molecule has 1 heterocycles. The van der Waals surface area contributed by atoms with Gasteiger partial charge in [0, 0.05) is 24.7 Å². The number of alkyl halides is 3. The van der Waals surface area contributed by atoms with Crippen molar-refractivity contribution in [3.63, 3.8) is 0 Å². The Labute approximate surface area is 195 Å². The quantitative estimate of drug-likeness (QED) is 0.405. The van der Waals surface area contributed by atoms with Crippen molar-refractivity contribution in [2.75, 3.05) is 6.54 Å². The van der Waals surface area contributed by atoms with Gasteiger partial charge in [0.05, 0.1) is 5.92 Å². The van der Waals surface area contributed by atoms with Crippen LogP contribution in [0.4, 0.5) is 13.2 Å². The third-order valence-corrected chi connectivity index (χ3v) is 6.48. The number of nitrogen functional groups attached to an aromatic ring is 1. The summed E-state index contributed by atoms with van der Waals surface area (Å²) in [5, 5.41) is 9.73. The van der Waals surface area contributed by atoms with E-state index in [2.05, 4.69) is 5.32 Å². The lowest BCUT2D eigenvalue weighted by Gasteiger charge is -2.20. The summed E-state index contributed by atoms with van der Waals surface area (Å²) in [7, 11) is 0. The molecule has 0 aromatic heterocycles. The molecule has 0 spiro atoms. The number of nitrogens with two attached hydrogens (primary N) is 1. The zero-order valence-corrected chi connectivity index (χ0v) is 18.6. The summed E-state index contributed by atoms with van der Waals surface area (Å²) in [6.07, 6.45) is -2.38. The second-order valence-electron chi connectivity index (χ2n) is 9.08. The molecule has 2 aliphatic rings. The molecule has 4 rings (SSSR count). The van der Waals surface area contributed by atoms with Gasteiger partial charge in [0.15, 0.2) is 0 Å². The van der Waals surface area contributed by atoms with Crippen LogP contribution in [-0.4, -0.2) is 41.3 Å². The van der Waals surface area contributed by atoms with E-state index in [1.54, 1.807) is 23.1 Å². The largest absolute Gasteiger partial charge is 0.471 e. The number of benzene rings is 2.